The maximum Gasteiger partial charge on any atom is 0.191 e. The average Bonchev–Trinajstić information content (AvgIpc) is 2.57. The zero-order valence-corrected chi connectivity index (χ0v) is 17.6. The monoisotopic (exact) mass is 432 g/mol. The fraction of sp³-hybridized carbons (Fsp3) is 0.611. The summed E-state index contributed by atoms with van der Waals surface area (Å²) >= 11 is 0. The van der Waals surface area contributed by atoms with Gasteiger partial charge in [0.15, 0.2) is 5.96 Å². The van der Waals surface area contributed by atoms with Gasteiger partial charge in [0.2, 0.25) is 0 Å². The predicted molar refractivity (Wildman–Crippen MR) is 112 cm³/mol. The standard InChI is InChI=1S/C18H32N4.HI/c1-6-15(3)22(5)13-12-20-18(19-4)21-14-17-11-9-8-10-16(17)7-2;/h8-11,15H,6-7,12-14H2,1-5H3,(H2,19,20,21);1H. The molecule has 0 amide bonds. The van der Waals surface area contributed by atoms with Crippen LogP contribution in [0.3, 0.4) is 0 Å². The normalized spacial score (nSPS) is 12.7. The van der Waals surface area contributed by atoms with Crippen LogP contribution in [-0.2, 0) is 13.0 Å². The molecule has 0 heterocycles. The van der Waals surface area contributed by atoms with Crippen LogP contribution in [0.4, 0.5) is 0 Å². The van der Waals surface area contributed by atoms with Crippen molar-refractivity contribution in [3.8, 4) is 0 Å². The Hall–Kier alpha value is -0.820. The maximum absolute atomic E-state index is 4.30. The minimum atomic E-state index is 0. The summed E-state index contributed by atoms with van der Waals surface area (Å²) in [5, 5.41) is 6.78. The lowest BCUT2D eigenvalue weighted by Crippen LogP contribution is -2.42. The van der Waals surface area contributed by atoms with Gasteiger partial charge in [-0.3, -0.25) is 4.99 Å². The molecule has 0 spiro atoms. The van der Waals surface area contributed by atoms with Crippen LogP contribution < -0.4 is 10.6 Å². The summed E-state index contributed by atoms with van der Waals surface area (Å²) in [4.78, 5) is 6.66. The summed E-state index contributed by atoms with van der Waals surface area (Å²) in [7, 11) is 3.99. The summed E-state index contributed by atoms with van der Waals surface area (Å²) in [6, 6.07) is 9.17. The molecular formula is C18H33IN4. The number of rotatable bonds is 8. The second-order valence-corrected chi connectivity index (χ2v) is 5.71. The van der Waals surface area contributed by atoms with E-state index in [1.165, 1.54) is 17.5 Å². The number of likely N-dealkylation sites (N-methyl/N-ethyl adjacent to an activating group) is 1. The molecule has 1 aromatic carbocycles. The van der Waals surface area contributed by atoms with Crippen molar-refractivity contribution in [3.05, 3.63) is 35.4 Å². The zero-order valence-electron chi connectivity index (χ0n) is 15.2. The molecular weight excluding hydrogens is 399 g/mol. The van der Waals surface area contributed by atoms with Crippen LogP contribution in [0.15, 0.2) is 29.3 Å². The largest absolute Gasteiger partial charge is 0.355 e. The van der Waals surface area contributed by atoms with E-state index >= 15 is 0 Å². The third-order valence-corrected chi connectivity index (χ3v) is 4.27. The van der Waals surface area contributed by atoms with Crippen LogP contribution >= 0.6 is 24.0 Å². The number of nitrogens with one attached hydrogen (secondary N) is 2. The fourth-order valence-electron chi connectivity index (χ4n) is 2.36. The molecule has 0 aliphatic rings. The van der Waals surface area contributed by atoms with Crippen molar-refractivity contribution in [2.24, 2.45) is 4.99 Å². The minimum absolute atomic E-state index is 0. The SMILES string of the molecule is CCc1ccccc1CNC(=NC)NCCN(C)C(C)CC.I. The molecule has 4 nitrogen and oxygen atoms in total. The Labute approximate surface area is 159 Å². The molecule has 5 heteroatoms. The van der Waals surface area contributed by atoms with Crippen LogP contribution in [0.5, 0.6) is 0 Å². The van der Waals surface area contributed by atoms with Gasteiger partial charge in [0.05, 0.1) is 0 Å². The molecule has 0 saturated heterocycles. The molecule has 0 aromatic heterocycles. The van der Waals surface area contributed by atoms with Gasteiger partial charge in [0.1, 0.15) is 0 Å². The fourth-order valence-corrected chi connectivity index (χ4v) is 2.36. The molecule has 0 saturated carbocycles. The molecule has 0 aliphatic heterocycles. The molecule has 23 heavy (non-hydrogen) atoms. The molecule has 1 unspecified atom stereocenters. The van der Waals surface area contributed by atoms with E-state index < -0.39 is 0 Å². The number of hydrogen-bond acceptors (Lipinski definition) is 2. The number of hydrogen-bond donors (Lipinski definition) is 2. The van der Waals surface area contributed by atoms with Crippen molar-refractivity contribution in [2.75, 3.05) is 27.2 Å². The van der Waals surface area contributed by atoms with Crippen LogP contribution in [-0.4, -0.2) is 44.1 Å². The van der Waals surface area contributed by atoms with Crippen LogP contribution in [0.1, 0.15) is 38.3 Å². The first kappa shape index (κ1) is 22.2. The van der Waals surface area contributed by atoms with Crippen molar-refractivity contribution in [1.29, 1.82) is 0 Å². The summed E-state index contributed by atoms with van der Waals surface area (Å²) in [6.45, 7) is 9.40. The number of aryl methyl sites for hydroxylation is 1. The van der Waals surface area contributed by atoms with E-state index in [0.717, 1.165) is 32.0 Å². The Kier molecular flexibility index (Phi) is 12.1. The van der Waals surface area contributed by atoms with Gasteiger partial charge in [-0.25, -0.2) is 0 Å². The maximum atomic E-state index is 4.30. The highest BCUT2D eigenvalue weighted by molar-refractivity contribution is 14.0. The predicted octanol–water partition coefficient (Wildman–Crippen LogP) is 3.26. The van der Waals surface area contributed by atoms with Crippen molar-refractivity contribution < 1.29 is 0 Å². The average molecular weight is 432 g/mol. The van der Waals surface area contributed by atoms with Gasteiger partial charge < -0.3 is 15.5 Å². The van der Waals surface area contributed by atoms with Gasteiger partial charge in [-0.2, -0.15) is 0 Å². The van der Waals surface area contributed by atoms with E-state index in [1.807, 2.05) is 7.05 Å². The summed E-state index contributed by atoms with van der Waals surface area (Å²) in [5.41, 5.74) is 2.73. The van der Waals surface area contributed by atoms with Gasteiger partial charge in [-0.05, 0) is 37.9 Å². The Morgan fingerprint density at radius 3 is 2.39 bits per heavy atom. The van der Waals surface area contributed by atoms with E-state index in [9.17, 15) is 0 Å². The lowest BCUT2D eigenvalue weighted by Gasteiger charge is -2.24. The Morgan fingerprint density at radius 2 is 1.83 bits per heavy atom. The number of guanidine groups is 1. The topological polar surface area (TPSA) is 39.7 Å². The summed E-state index contributed by atoms with van der Waals surface area (Å²) < 4.78 is 0. The third kappa shape index (κ3) is 8.01. The van der Waals surface area contributed by atoms with Gasteiger partial charge in [0, 0.05) is 32.7 Å². The van der Waals surface area contributed by atoms with E-state index in [0.29, 0.717) is 6.04 Å². The van der Waals surface area contributed by atoms with E-state index in [-0.39, 0.29) is 24.0 Å². The van der Waals surface area contributed by atoms with Gasteiger partial charge >= 0.3 is 0 Å². The van der Waals surface area contributed by atoms with Crippen molar-refractivity contribution in [2.45, 2.75) is 46.2 Å². The molecule has 0 radical (unpaired) electrons. The number of aliphatic imine (C=N–C) groups is 1. The quantitative estimate of drug-likeness (QED) is 0.376. The summed E-state index contributed by atoms with van der Waals surface area (Å²) in [5.74, 6) is 0.864. The number of halogens is 1. The Balaban J connectivity index is 0.00000484. The molecule has 1 atom stereocenters. The van der Waals surface area contributed by atoms with Crippen molar-refractivity contribution in [1.82, 2.24) is 15.5 Å². The highest BCUT2D eigenvalue weighted by atomic mass is 127. The van der Waals surface area contributed by atoms with E-state index in [4.69, 9.17) is 0 Å². The second kappa shape index (κ2) is 12.6. The minimum Gasteiger partial charge on any atom is -0.355 e. The Morgan fingerprint density at radius 1 is 1.17 bits per heavy atom. The molecule has 132 valence electrons. The van der Waals surface area contributed by atoms with Crippen LogP contribution in [0, 0.1) is 0 Å². The first-order valence-electron chi connectivity index (χ1n) is 8.33. The second-order valence-electron chi connectivity index (χ2n) is 5.71. The molecule has 1 aromatic rings. The molecule has 0 aliphatic carbocycles. The first-order valence-corrected chi connectivity index (χ1v) is 8.33. The van der Waals surface area contributed by atoms with Gasteiger partial charge in [0.25, 0.3) is 0 Å². The highest BCUT2D eigenvalue weighted by Gasteiger charge is 2.06. The smallest absolute Gasteiger partial charge is 0.191 e. The van der Waals surface area contributed by atoms with E-state index in [2.05, 4.69) is 72.6 Å². The van der Waals surface area contributed by atoms with Gasteiger partial charge in [-0.15, -0.1) is 24.0 Å². The van der Waals surface area contributed by atoms with Crippen molar-refractivity contribution in [3.63, 3.8) is 0 Å². The molecule has 0 bridgehead atoms. The number of benzene rings is 1. The van der Waals surface area contributed by atoms with Gasteiger partial charge in [-0.1, -0.05) is 38.1 Å². The van der Waals surface area contributed by atoms with Crippen LogP contribution in [0.25, 0.3) is 0 Å². The highest BCUT2D eigenvalue weighted by Crippen LogP contribution is 2.08. The zero-order chi connectivity index (χ0) is 16.4. The van der Waals surface area contributed by atoms with E-state index in [1.54, 1.807) is 0 Å². The number of nitrogens with zero attached hydrogens (tertiary/aromatic N) is 2. The lowest BCUT2D eigenvalue weighted by molar-refractivity contribution is 0.255. The third-order valence-electron chi connectivity index (χ3n) is 4.27. The lowest BCUT2D eigenvalue weighted by atomic mass is 10.1. The Bertz CT molecular complexity index is 462. The first-order chi connectivity index (χ1) is 10.6. The molecule has 2 N–H and O–H groups in total. The molecule has 0 fully saturated rings. The molecule has 1 rings (SSSR count). The summed E-state index contributed by atoms with van der Waals surface area (Å²) in [6.07, 6.45) is 2.24. The van der Waals surface area contributed by atoms with Crippen molar-refractivity contribution >= 4 is 29.9 Å². The van der Waals surface area contributed by atoms with Crippen LogP contribution in [0.2, 0.25) is 0 Å².